The number of piperidine rings is 1. The standard InChI is InChI=1S/C27H31NO6/c1-17-22-16-23(33-4)26(29)25(24(17)18-9-6-5-7-10-18)28(27(22)30)11-8-12-34-21-14-19(31-2)13-20(15-21)32-3/h5-7,9-10,13-17,22,24-25H,8,11-12H2,1-4H3/t17-,22-,24-,25-/m0/s1. The van der Waals surface area contributed by atoms with Crippen LogP contribution in [0.4, 0.5) is 0 Å². The molecule has 7 nitrogen and oxygen atoms in total. The lowest BCUT2D eigenvalue weighted by Crippen LogP contribution is -2.56. The predicted molar refractivity (Wildman–Crippen MR) is 127 cm³/mol. The van der Waals surface area contributed by atoms with Crippen LogP contribution in [0, 0.1) is 11.8 Å². The first-order valence-electron chi connectivity index (χ1n) is 11.5. The van der Waals surface area contributed by atoms with Crippen LogP contribution in [0.3, 0.4) is 0 Å². The number of nitrogens with zero attached hydrogens (tertiary/aromatic N) is 1. The van der Waals surface area contributed by atoms with Crippen LogP contribution in [0.5, 0.6) is 17.2 Å². The van der Waals surface area contributed by atoms with E-state index in [1.54, 1.807) is 43.4 Å². The van der Waals surface area contributed by atoms with Gasteiger partial charge in [-0.3, -0.25) is 9.59 Å². The number of methoxy groups -OCH3 is 3. The summed E-state index contributed by atoms with van der Waals surface area (Å²) in [5.74, 6) is 1.45. The molecule has 1 saturated heterocycles. The Kier molecular flexibility index (Phi) is 7.10. The monoisotopic (exact) mass is 465 g/mol. The predicted octanol–water partition coefficient (Wildman–Crippen LogP) is 3.83. The molecule has 0 aromatic heterocycles. The largest absolute Gasteiger partial charge is 0.496 e. The summed E-state index contributed by atoms with van der Waals surface area (Å²) in [6, 6.07) is 14.7. The maximum atomic E-state index is 13.5. The lowest BCUT2D eigenvalue weighted by molar-refractivity contribution is -0.148. The molecule has 7 heteroatoms. The number of rotatable bonds is 9. The summed E-state index contributed by atoms with van der Waals surface area (Å²) in [5, 5.41) is 0. The highest BCUT2D eigenvalue weighted by Gasteiger charge is 2.52. The van der Waals surface area contributed by atoms with Gasteiger partial charge in [-0.2, -0.15) is 0 Å². The van der Waals surface area contributed by atoms with E-state index in [0.717, 1.165) is 5.56 Å². The number of hydrogen-bond donors (Lipinski definition) is 0. The Morgan fingerprint density at radius 3 is 2.15 bits per heavy atom. The Bertz CT molecular complexity index is 1040. The van der Waals surface area contributed by atoms with Gasteiger partial charge in [-0.05, 0) is 24.0 Å². The number of ketones is 1. The van der Waals surface area contributed by atoms with E-state index in [9.17, 15) is 9.59 Å². The zero-order chi connectivity index (χ0) is 24.2. The first-order chi connectivity index (χ1) is 16.5. The first-order valence-corrected chi connectivity index (χ1v) is 11.5. The molecule has 0 spiro atoms. The average molecular weight is 466 g/mol. The van der Waals surface area contributed by atoms with Crippen LogP contribution in [0.2, 0.25) is 0 Å². The van der Waals surface area contributed by atoms with Gasteiger partial charge in [0, 0.05) is 30.7 Å². The van der Waals surface area contributed by atoms with Crippen LogP contribution in [0.1, 0.15) is 24.8 Å². The molecule has 2 aromatic rings. The molecule has 5 rings (SSSR count). The minimum Gasteiger partial charge on any atom is -0.496 e. The molecular weight excluding hydrogens is 434 g/mol. The number of amides is 1. The van der Waals surface area contributed by atoms with Crippen LogP contribution in [0.15, 0.2) is 60.4 Å². The van der Waals surface area contributed by atoms with Gasteiger partial charge in [0.1, 0.15) is 23.3 Å². The van der Waals surface area contributed by atoms with E-state index < -0.39 is 12.0 Å². The zero-order valence-corrected chi connectivity index (χ0v) is 20.0. The second-order valence-corrected chi connectivity index (χ2v) is 8.65. The van der Waals surface area contributed by atoms with E-state index in [-0.39, 0.29) is 29.3 Å². The highest BCUT2D eigenvalue weighted by molar-refractivity contribution is 6.04. The molecule has 2 heterocycles. The van der Waals surface area contributed by atoms with E-state index in [4.69, 9.17) is 18.9 Å². The van der Waals surface area contributed by atoms with Gasteiger partial charge in [0.25, 0.3) is 0 Å². The average Bonchev–Trinajstić information content (AvgIpc) is 3.04. The Hall–Kier alpha value is -3.48. The molecule has 0 saturated carbocycles. The molecule has 2 bridgehead atoms. The molecule has 1 fully saturated rings. The fourth-order valence-corrected chi connectivity index (χ4v) is 5.05. The molecule has 3 aliphatic rings. The Morgan fingerprint density at radius 1 is 0.882 bits per heavy atom. The van der Waals surface area contributed by atoms with E-state index in [0.29, 0.717) is 36.8 Å². The number of carbonyl (C=O) groups is 2. The van der Waals surface area contributed by atoms with Crippen molar-refractivity contribution < 1.29 is 28.5 Å². The molecule has 34 heavy (non-hydrogen) atoms. The molecule has 0 unspecified atom stereocenters. The number of benzene rings is 2. The van der Waals surface area contributed by atoms with Crippen LogP contribution in [0.25, 0.3) is 0 Å². The van der Waals surface area contributed by atoms with Crippen molar-refractivity contribution in [1.82, 2.24) is 4.90 Å². The van der Waals surface area contributed by atoms with Gasteiger partial charge < -0.3 is 23.8 Å². The minimum atomic E-state index is -0.605. The summed E-state index contributed by atoms with van der Waals surface area (Å²) < 4.78 is 21.9. The third-order valence-corrected chi connectivity index (χ3v) is 6.76. The molecule has 2 aliphatic heterocycles. The maximum absolute atomic E-state index is 13.5. The number of fused-ring (bicyclic) bond motifs is 3. The highest BCUT2D eigenvalue weighted by Crippen LogP contribution is 2.45. The van der Waals surface area contributed by atoms with E-state index in [2.05, 4.69) is 0 Å². The van der Waals surface area contributed by atoms with Crippen molar-refractivity contribution in [3.8, 4) is 17.2 Å². The van der Waals surface area contributed by atoms with Gasteiger partial charge in [0.2, 0.25) is 11.7 Å². The van der Waals surface area contributed by atoms with E-state index in [1.807, 2.05) is 37.3 Å². The number of ether oxygens (including phenoxy) is 4. The molecular formula is C27H31NO6. The molecule has 1 aliphatic carbocycles. The minimum absolute atomic E-state index is 0.0201. The normalized spacial score (nSPS) is 23.9. The number of hydrogen-bond acceptors (Lipinski definition) is 6. The van der Waals surface area contributed by atoms with Gasteiger partial charge in [-0.15, -0.1) is 0 Å². The van der Waals surface area contributed by atoms with E-state index in [1.165, 1.54) is 7.11 Å². The van der Waals surface area contributed by atoms with Crippen LogP contribution in [-0.2, 0) is 14.3 Å². The zero-order valence-electron chi connectivity index (χ0n) is 20.0. The molecule has 0 radical (unpaired) electrons. The maximum Gasteiger partial charge on any atom is 0.230 e. The second-order valence-electron chi connectivity index (χ2n) is 8.65. The van der Waals surface area contributed by atoms with Gasteiger partial charge in [0.05, 0.1) is 33.9 Å². The van der Waals surface area contributed by atoms with Crippen LogP contribution in [-0.4, -0.2) is 57.1 Å². The number of Topliss-reactive ketones (excluding diaryl/α,β-unsaturated/α-hetero) is 1. The highest BCUT2D eigenvalue weighted by atomic mass is 16.5. The van der Waals surface area contributed by atoms with Gasteiger partial charge in [-0.25, -0.2) is 0 Å². The van der Waals surface area contributed by atoms with Gasteiger partial charge in [-0.1, -0.05) is 37.3 Å². The Morgan fingerprint density at radius 2 is 1.53 bits per heavy atom. The summed E-state index contributed by atoms with van der Waals surface area (Å²) >= 11 is 0. The topological polar surface area (TPSA) is 74.3 Å². The summed E-state index contributed by atoms with van der Waals surface area (Å²) in [7, 11) is 4.66. The van der Waals surface area contributed by atoms with Crippen LogP contribution < -0.4 is 14.2 Å². The smallest absolute Gasteiger partial charge is 0.230 e. The quantitative estimate of drug-likeness (QED) is 0.524. The lowest BCUT2D eigenvalue weighted by atomic mass is 9.71. The summed E-state index contributed by atoms with van der Waals surface area (Å²) in [4.78, 5) is 28.6. The molecule has 0 N–H and O–H groups in total. The van der Waals surface area contributed by atoms with Crippen molar-refractivity contribution >= 4 is 11.7 Å². The summed E-state index contributed by atoms with van der Waals surface area (Å²) in [6.45, 7) is 2.84. The van der Waals surface area contributed by atoms with Crippen molar-refractivity contribution in [1.29, 1.82) is 0 Å². The summed E-state index contributed by atoms with van der Waals surface area (Å²) in [6.07, 6.45) is 2.28. The third-order valence-electron chi connectivity index (χ3n) is 6.76. The van der Waals surface area contributed by atoms with Crippen molar-refractivity contribution in [2.75, 3.05) is 34.5 Å². The van der Waals surface area contributed by atoms with Crippen molar-refractivity contribution in [3.63, 3.8) is 0 Å². The lowest BCUT2D eigenvalue weighted by Gasteiger charge is -2.45. The summed E-state index contributed by atoms with van der Waals surface area (Å²) in [5.41, 5.74) is 1.06. The van der Waals surface area contributed by atoms with Crippen molar-refractivity contribution in [2.45, 2.75) is 25.3 Å². The van der Waals surface area contributed by atoms with Gasteiger partial charge >= 0.3 is 0 Å². The van der Waals surface area contributed by atoms with Gasteiger partial charge in [0.15, 0.2) is 5.76 Å². The molecule has 2 aromatic carbocycles. The van der Waals surface area contributed by atoms with E-state index >= 15 is 0 Å². The SMILES string of the molecule is COC1=C[C@@H]2C(=O)N(CCCOc3cc(OC)cc(OC)c3)[C@H](C1=O)[C@H](c1ccccc1)[C@H]2C. The Labute approximate surface area is 200 Å². The molecule has 1 amide bonds. The fraction of sp³-hybridized carbons (Fsp3) is 0.407. The fourth-order valence-electron chi connectivity index (χ4n) is 5.05. The number of carbonyl (C=O) groups excluding carboxylic acids is 2. The second kappa shape index (κ2) is 10.2. The molecule has 180 valence electrons. The first kappa shape index (κ1) is 23.7. The third kappa shape index (κ3) is 4.47. The Balaban J connectivity index is 1.52. The van der Waals surface area contributed by atoms with Crippen molar-refractivity contribution in [3.05, 3.63) is 65.9 Å². The van der Waals surface area contributed by atoms with Crippen molar-refractivity contribution in [2.24, 2.45) is 11.8 Å². The molecule has 4 atom stereocenters. The van der Waals surface area contributed by atoms with Crippen LogP contribution >= 0.6 is 0 Å².